The molecule has 1 aliphatic carbocycles. The van der Waals surface area contributed by atoms with Crippen molar-refractivity contribution >= 4 is 5.97 Å². The van der Waals surface area contributed by atoms with Crippen molar-refractivity contribution in [3.05, 3.63) is 30.1 Å². The third kappa shape index (κ3) is 3.27. The molecule has 1 aromatic rings. The van der Waals surface area contributed by atoms with Gasteiger partial charge in [-0.05, 0) is 25.0 Å². The lowest BCUT2D eigenvalue weighted by Crippen LogP contribution is -2.33. The quantitative estimate of drug-likeness (QED) is 0.815. The van der Waals surface area contributed by atoms with Gasteiger partial charge in [0.15, 0.2) is 0 Å². The predicted molar refractivity (Wildman–Crippen MR) is 64.9 cm³/mol. The van der Waals surface area contributed by atoms with Gasteiger partial charge in [0.05, 0.1) is 5.69 Å². The van der Waals surface area contributed by atoms with Crippen molar-refractivity contribution in [3.8, 4) is 0 Å². The van der Waals surface area contributed by atoms with Crippen molar-refractivity contribution in [1.82, 2.24) is 10.3 Å². The molecule has 1 aromatic heterocycles. The molecular formula is C13H18N2O2. The van der Waals surface area contributed by atoms with Gasteiger partial charge in [-0.15, -0.1) is 0 Å². The molecule has 1 fully saturated rings. The molecule has 0 spiro atoms. The van der Waals surface area contributed by atoms with Gasteiger partial charge < -0.3 is 10.4 Å². The van der Waals surface area contributed by atoms with Crippen LogP contribution in [0.1, 0.15) is 37.3 Å². The number of carboxylic acids is 1. The minimum absolute atomic E-state index is 0.469. The summed E-state index contributed by atoms with van der Waals surface area (Å²) >= 11 is 0. The largest absolute Gasteiger partial charge is 0.481 e. The summed E-state index contributed by atoms with van der Waals surface area (Å²) in [5.41, 5.74) is 0.630. The third-order valence-corrected chi connectivity index (χ3v) is 3.31. The minimum atomic E-state index is -0.811. The van der Waals surface area contributed by atoms with Crippen molar-refractivity contribution < 1.29 is 9.90 Å². The number of aliphatic carboxylic acids is 1. The van der Waals surface area contributed by atoms with E-state index in [-0.39, 0.29) is 0 Å². The first-order valence-corrected chi connectivity index (χ1v) is 6.14. The monoisotopic (exact) mass is 234 g/mol. The van der Waals surface area contributed by atoms with Gasteiger partial charge in [-0.25, -0.2) is 0 Å². The molecule has 1 heterocycles. The average molecular weight is 234 g/mol. The second kappa shape index (κ2) is 5.77. The number of pyridine rings is 1. The predicted octanol–water partition coefficient (Wildman–Crippen LogP) is 1.78. The topological polar surface area (TPSA) is 62.2 Å². The van der Waals surface area contributed by atoms with Crippen LogP contribution in [-0.4, -0.2) is 28.6 Å². The Kier molecular flexibility index (Phi) is 4.09. The van der Waals surface area contributed by atoms with Crippen LogP contribution in [-0.2, 0) is 4.79 Å². The Labute approximate surface area is 101 Å². The first kappa shape index (κ1) is 12.0. The highest BCUT2D eigenvalue weighted by molar-refractivity contribution is 5.75. The van der Waals surface area contributed by atoms with E-state index in [0.29, 0.717) is 18.3 Å². The molecular weight excluding hydrogens is 216 g/mol. The van der Waals surface area contributed by atoms with Gasteiger partial charge in [-0.1, -0.05) is 18.9 Å². The van der Waals surface area contributed by atoms with E-state index in [1.807, 2.05) is 6.07 Å². The Bertz CT molecular complexity index is 361. The van der Waals surface area contributed by atoms with Crippen molar-refractivity contribution in [1.29, 1.82) is 0 Å². The van der Waals surface area contributed by atoms with Gasteiger partial charge in [-0.2, -0.15) is 0 Å². The molecule has 0 bridgehead atoms. The summed E-state index contributed by atoms with van der Waals surface area (Å²) < 4.78 is 0. The van der Waals surface area contributed by atoms with E-state index >= 15 is 0 Å². The first-order valence-electron chi connectivity index (χ1n) is 6.14. The van der Waals surface area contributed by atoms with Gasteiger partial charge in [-0.3, -0.25) is 9.78 Å². The third-order valence-electron chi connectivity index (χ3n) is 3.31. The smallest absolute Gasteiger partial charge is 0.313 e. The van der Waals surface area contributed by atoms with E-state index in [0.717, 1.165) is 12.8 Å². The van der Waals surface area contributed by atoms with E-state index in [4.69, 9.17) is 0 Å². The van der Waals surface area contributed by atoms with Crippen LogP contribution in [0.15, 0.2) is 24.4 Å². The fraction of sp³-hybridized carbons (Fsp3) is 0.538. The molecule has 17 heavy (non-hydrogen) atoms. The molecule has 0 aliphatic heterocycles. The molecule has 1 saturated carbocycles. The standard InChI is InChI=1S/C13H18N2O2/c16-13(17)11(12-7-3-4-8-14-12)9-15-10-5-1-2-6-10/h3-4,7-8,10-11,15H,1-2,5-6,9H2,(H,16,17). The van der Waals surface area contributed by atoms with E-state index < -0.39 is 11.9 Å². The molecule has 4 heteroatoms. The summed E-state index contributed by atoms with van der Waals surface area (Å²) in [6.45, 7) is 0.469. The Morgan fingerprint density at radius 1 is 1.47 bits per heavy atom. The van der Waals surface area contributed by atoms with Crippen molar-refractivity contribution in [2.45, 2.75) is 37.6 Å². The van der Waals surface area contributed by atoms with Crippen molar-refractivity contribution in [2.24, 2.45) is 0 Å². The number of nitrogens with zero attached hydrogens (tertiary/aromatic N) is 1. The molecule has 4 nitrogen and oxygen atoms in total. The maximum absolute atomic E-state index is 11.2. The van der Waals surface area contributed by atoms with Gasteiger partial charge in [0, 0.05) is 18.8 Å². The van der Waals surface area contributed by atoms with Gasteiger partial charge in [0.1, 0.15) is 5.92 Å². The number of rotatable bonds is 5. The van der Waals surface area contributed by atoms with Gasteiger partial charge >= 0.3 is 5.97 Å². The average Bonchev–Trinajstić information content (AvgIpc) is 2.83. The normalized spacial score (nSPS) is 18.1. The molecule has 0 amide bonds. The second-order valence-electron chi connectivity index (χ2n) is 4.54. The lowest BCUT2D eigenvalue weighted by atomic mass is 10.0. The zero-order valence-corrected chi connectivity index (χ0v) is 9.80. The summed E-state index contributed by atoms with van der Waals surface area (Å²) in [4.78, 5) is 15.3. The minimum Gasteiger partial charge on any atom is -0.481 e. The molecule has 2 rings (SSSR count). The highest BCUT2D eigenvalue weighted by Gasteiger charge is 2.23. The second-order valence-corrected chi connectivity index (χ2v) is 4.54. The van der Waals surface area contributed by atoms with Crippen LogP contribution in [0.25, 0.3) is 0 Å². The van der Waals surface area contributed by atoms with Crippen LogP contribution in [0.2, 0.25) is 0 Å². The van der Waals surface area contributed by atoms with E-state index in [1.54, 1.807) is 18.3 Å². The lowest BCUT2D eigenvalue weighted by Gasteiger charge is -2.16. The Balaban J connectivity index is 1.95. The summed E-state index contributed by atoms with van der Waals surface area (Å²) in [5.74, 6) is -1.36. The van der Waals surface area contributed by atoms with Gasteiger partial charge in [0.25, 0.3) is 0 Å². The molecule has 0 saturated heterocycles. The maximum Gasteiger partial charge on any atom is 0.313 e. The van der Waals surface area contributed by atoms with Crippen LogP contribution in [0.3, 0.4) is 0 Å². The van der Waals surface area contributed by atoms with Crippen LogP contribution in [0, 0.1) is 0 Å². The first-order chi connectivity index (χ1) is 8.27. The van der Waals surface area contributed by atoms with Gasteiger partial charge in [0.2, 0.25) is 0 Å². The number of hydrogen-bond acceptors (Lipinski definition) is 3. The molecule has 92 valence electrons. The van der Waals surface area contributed by atoms with Crippen LogP contribution in [0.5, 0.6) is 0 Å². The van der Waals surface area contributed by atoms with Crippen molar-refractivity contribution in [2.75, 3.05) is 6.54 Å². The summed E-state index contributed by atoms with van der Waals surface area (Å²) in [7, 11) is 0. The summed E-state index contributed by atoms with van der Waals surface area (Å²) in [6.07, 6.45) is 6.46. The highest BCUT2D eigenvalue weighted by Crippen LogP contribution is 2.19. The van der Waals surface area contributed by atoms with E-state index in [9.17, 15) is 9.90 Å². The van der Waals surface area contributed by atoms with Crippen molar-refractivity contribution in [3.63, 3.8) is 0 Å². The molecule has 1 unspecified atom stereocenters. The lowest BCUT2D eigenvalue weighted by molar-refractivity contribution is -0.138. The Morgan fingerprint density at radius 3 is 2.82 bits per heavy atom. The summed E-state index contributed by atoms with van der Waals surface area (Å²) in [5, 5.41) is 12.6. The number of carboxylic acid groups (broad SMARTS) is 1. The fourth-order valence-corrected chi connectivity index (χ4v) is 2.31. The molecule has 1 aliphatic rings. The van der Waals surface area contributed by atoms with Crippen LogP contribution < -0.4 is 5.32 Å². The molecule has 0 radical (unpaired) electrons. The summed E-state index contributed by atoms with van der Waals surface area (Å²) in [6, 6.07) is 5.89. The van der Waals surface area contributed by atoms with Crippen LogP contribution >= 0.6 is 0 Å². The highest BCUT2D eigenvalue weighted by atomic mass is 16.4. The van der Waals surface area contributed by atoms with Crippen LogP contribution in [0.4, 0.5) is 0 Å². The van der Waals surface area contributed by atoms with E-state index in [2.05, 4.69) is 10.3 Å². The molecule has 2 N–H and O–H groups in total. The fourth-order valence-electron chi connectivity index (χ4n) is 2.31. The maximum atomic E-state index is 11.2. The molecule has 1 atom stereocenters. The zero-order chi connectivity index (χ0) is 12.1. The molecule has 0 aromatic carbocycles. The SMILES string of the molecule is O=C(O)C(CNC1CCCC1)c1ccccn1. The number of nitrogens with one attached hydrogen (secondary N) is 1. The zero-order valence-electron chi connectivity index (χ0n) is 9.80. The number of aromatic nitrogens is 1. The number of carbonyl (C=O) groups is 1. The Morgan fingerprint density at radius 2 is 2.24 bits per heavy atom. The van der Waals surface area contributed by atoms with E-state index in [1.165, 1.54) is 12.8 Å². The number of hydrogen-bond donors (Lipinski definition) is 2. The Hall–Kier alpha value is -1.42.